The van der Waals surface area contributed by atoms with Crippen LogP contribution in [0.3, 0.4) is 0 Å². The number of aliphatic carboxylic acids is 1. The van der Waals surface area contributed by atoms with Crippen LogP contribution in [0.2, 0.25) is 0 Å². The molecule has 107 heavy (non-hydrogen) atoms. The summed E-state index contributed by atoms with van der Waals surface area (Å²) in [5.41, 5.74) is 31.0. The number of esters is 1. The molecule has 25 atom stereocenters. The Kier molecular flexibility index (Phi) is 31.7. The number of benzene rings is 6. The van der Waals surface area contributed by atoms with E-state index in [2.05, 4.69) is 20.1 Å². The third-order valence-corrected chi connectivity index (χ3v) is 18.6. The zero-order valence-corrected chi connectivity index (χ0v) is 60.8. The van der Waals surface area contributed by atoms with Crippen LogP contribution in [0.25, 0.3) is 20.9 Å². The molecule has 5 aliphatic heterocycles. The van der Waals surface area contributed by atoms with Crippen molar-refractivity contribution in [2.75, 3.05) is 34.0 Å². The van der Waals surface area contributed by atoms with E-state index in [1.54, 1.807) is 133 Å². The van der Waals surface area contributed by atoms with Gasteiger partial charge in [0.25, 0.3) is 0 Å². The molecule has 0 spiro atoms. The van der Waals surface area contributed by atoms with Crippen molar-refractivity contribution in [3.63, 3.8) is 0 Å². The first-order chi connectivity index (χ1) is 51.8. The Bertz CT molecular complexity index is 3750. The standard InChI is InChI=1S/C74H87N7O25.Na/c1-90-69(89)66-63(61(95-39-45-27-15-6-16-28-45)55(86)73(106-66)102-58-50(35-84)99-71(91-2)52(78-80-76)60(58)94-38-44-25-13-5-14-26-44)103-70-51(75)54(85)56(48(33-82)98-70)101-74-67(97-41-47-31-19-8-20-32-47)62(96-40-46-29-17-7-18-30-46)64(65(105-74)68(87)88)104-72-53(79-81-77)59(93-37-43-23-11-4-12-24-43)57(49(34-83)100-72)92-36-42-21-9-3-10-22-42;/h3-32,48-67,70-74,82-86H,33-41,75H2,1-2H3,(H,87,88);/q;+1/p-1/t48?,49?,50?,51?,52?,53?,54-,55?,56+,57+,58+,59-,60-,61+,62+,63-,64-,65?,66?,67?,70+,71-,72+,73-,74-;/m1./s1. The van der Waals surface area contributed by atoms with Gasteiger partial charge < -0.3 is 122 Å². The van der Waals surface area contributed by atoms with Crippen LogP contribution in [0, 0.1) is 0 Å². The molecule has 7 N–H and O–H groups in total. The summed E-state index contributed by atoms with van der Waals surface area (Å²) in [7, 11) is 2.35. The second-order valence-electron chi connectivity index (χ2n) is 25.5. The van der Waals surface area contributed by atoms with Gasteiger partial charge in [0.15, 0.2) is 37.6 Å². The normalized spacial score (nSPS) is 32.8. The second kappa shape index (κ2) is 41.2. The molecule has 5 saturated heterocycles. The summed E-state index contributed by atoms with van der Waals surface area (Å²) in [6.07, 6.45) is -36.6. The van der Waals surface area contributed by atoms with Crippen LogP contribution in [0.15, 0.2) is 192 Å². The number of carbonyl (C=O) groups is 2. The quantitative estimate of drug-likeness (QED) is 0.0106. The van der Waals surface area contributed by atoms with Crippen LogP contribution in [-0.2, 0) is 130 Å². The number of azide groups is 2. The number of carbonyl (C=O) groups excluding carboxylic acids is 2. The second-order valence-corrected chi connectivity index (χ2v) is 25.5. The predicted molar refractivity (Wildman–Crippen MR) is 364 cm³/mol. The van der Waals surface area contributed by atoms with Crippen molar-refractivity contribution in [2.24, 2.45) is 16.0 Å². The maximum Gasteiger partial charge on any atom is 1.00 e. The van der Waals surface area contributed by atoms with E-state index in [0.29, 0.717) is 27.8 Å². The smallest absolute Gasteiger partial charge is 0.547 e. The van der Waals surface area contributed by atoms with Gasteiger partial charge in [-0.05, 0) is 44.4 Å². The van der Waals surface area contributed by atoms with Gasteiger partial charge in [0.2, 0.25) is 0 Å². The molecule has 5 heterocycles. The van der Waals surface area contributed by atoms with Gasteiger partial charge in [0.1, 0.15) is 110 Å². The maximum atomic E-state index is 14.3. The maximum absolute atomic E-state index is 14.3. The number of nitrogens with zero attached hydrogens (tertiary/aromatic N) is 6. The molecule has 5 fully saturated rings. The SMILES string of the molecule is COC(=O)C1O[C@@H](O[C@H]2C(CO)O[C@@H](OC)C(N=[N+]=[N-])[C@H]2OCc2ccccc2)C(O)[C@H](OCc2ccccc2)[C@H]1O[C@@H]1OC(CO)[C@H](O[C@@H]2OC(C(=O)[O-])[C@H](O[C@@H]3OC(CO)[C@H](OCc4ccccc4)[C@H](OCc4ccccc4)C3N=[N+]=[N-])[C@H](OCc3ccccc3)C2OCc2ccccc2)[C@H](O)C1N.[Na+]. The number of ether oxygens (including phenoxy) is 17. The summed E-state index contributed by atoms with van der Waals surface area (Å²) in [4.78, 5) is 34.4. The van der Waals surface area contributed by atoms with Gasteiger partial charge in [-0.1, -0.05) is 192 Å². The van der Waals surface area contributed by atoms with Crippen molar-refractivity contribution in [1.29, 1.82) is 0 Å². The first kappa shape index (κ1) is 82.5. The monoisotopic (exact) mass is 1500 g/mol. The number of carboxylic acid groups (broad SMARTS) is 1. The van der Waals surface area contributed by atoms with Gasteiger partial charge in [-0.3, -0.25) is 0 Å². The van der Waals surface area contributed by atoms with E-state index < -0.39 is 185 Å². The number of methoxy groups -OCH3 is 2. The zero-order chi connectivity index (χ0) is 74.5. The van der Waals surface area contributed by atoms with Crippen LogP contribution in [-0.4, -0.2) is 225 Å². The molecule has 0 bridgehead atoms. The van der Waals surface area contributed by atoms with Crippen LogP contribution >= 0.6 is 0 Å². The van der Waals surface area contributed by atoms with Gasteiger partial charge in [0, 0.05) is 16.9 Å². The fourth-order valence-corrected chi connectivity index (χ4v) is 13.3. The van der Waals surface area contributed by atoms with Gasteiger partial charge in [-0.2, -0.15) is 0 Å². The Morgan fingerprint density at radius 1 is 0.411 bits per heavy atom. The van der Waals surface area contributed by atoms with Crippen molar-refractivity contribution < 1.29 is 150 Å². The zero-order valence-electron chi connectivity index (χ0n) is 58.8. The van der Waals surface area contributed by atoms with E-state index in [0.717, 1.165) is 12.7 Å². The van der Waals surface area contributed by atoms with Gasteiger partial charge in [-0.15, -0.1) is 0 Å². The van der Waals surface area contributed by atoms with E-state index in [4.69, 9.17) is 86.3 Å². The Balaban J connectivity index is 0.0000122. The summed E-state index contributed by atoms with van der Waals surface area (Å²) in [6, 6.07) is 48.9. The third-order valence-electron chi connectivity index (χ3n) is 18.6. The molecular formula is C74H86N7NaO25. The van der Waals surface area contributed by atoms with Crippen LogP contribution in [0.1, 0.15) is 33.4 Å². The molecule has 0 saturated carbocycles. The van der Waals surface area contributed by atoms with E-state index in [1.165, 1.54) is 7.11 Å². The Labute approximate surface area is 638 Å². The van der Waals surface area contributed by atoms with E-state index in [-0.39, 0.29) is 69.2 Å². The Morgan fingerprint density at radius 2 is 0.748 bits per heavy atom. The van der Waals surface area contributed by atoms with Crippen LogP contribution < -0.4 is 40.4 Å². The third kappa shape index (κ3) is 20.9. The molecule has 10 unspecified atom stereocenters. The molecule has 6 aromatic rings. The average Bonchev–Trinajstić information content (AvgIpc) is 0.763. The van der Waals surface area contributed by atoms with Gasteiger partial charge >= 0.3 is 35.5 Å². The first-order valence-electron chi connectivity index (χ1n) is 34.4. The number of carboxylic acids is 1. The molecule has 0 amide bonds. The summed E-state index contributed by atoms with van der Waals surface area (Å²) in [6.45, 7) is -3.27. The number of nitrogens with two attached hydrogens (primary N) is 1. The number of hydrogen-bond acceptors (Lipinski definition) is 28. The molecule has 0 aromatic heterocycles. The number of aliphatic hydroxyl groups excluding tert-OH is 5. The number of hydrogen-bond donors (Lipinski definition) is 6. The molecule has 5 aliphatic rings. The van der Waals surface area contributed by atoms with Crippen molar-refractivity contribution in [1.82, 2.24) is 0 Å². The molecule has 32 nitrogen and oxygen atoms in total. The molecule has 568 valence electrons. The first-order valence-corrected chi connectivity index (χ1v) is 34.4. The minimum Gasteiger partial charge on any atom is -0.547 e. The van der Waals surface area contributed by atoms with Crippen LogP contribution in [0.5, 0.6) is 0 Å². The van der Waals surface area contributed by atoms with Gasteiger partial charge in [-0.25, -0.2) is 4.79 Å². The van der Waals surface area contributed by atoms with Crippen LogP contribution in [0.4, 0.5) is 0 Å². The minimum absolute atomic E-state index is 0. The minimum atomic E-state index is -2.23. The van der Waals surface area contributed by atoms with Gasteiger partial charge in [0.05, 0.1) is 78.6 Å². The summed E-state index contributed by atoms with van der Waals surface area (Å²) in [5, 5.41) is 80.6. The summed E-state index contributed by atoms with van der Waals surface area (Å²) in [5.74, 6) is -3.00. The summed E-state index contributed by atoms with van der Waals surface area (Å²) < 4.78 is 108. The topological polar surface area (TPSA) is 439 Å². The number of aliphatic hydroxyl groups is 5. The predicted octanol–water partition coefficient (Wildman–Crippen LogP) is 0.621. The molecule has 0 aliphatic carbocycles. The van der Waals surface area contributed by atoms with E-state index >= 15 is 0 Å². The van der Waals surface area contributed by atoms with Crippen molar-refractivity contribution >= 4 is 11.9 Å². The average molecular weight is 1500 g/mol. The summed E-state index contributed by atoms with van der Waals surface area (Å²) >= 11 is 0. The van der Waals surface area contributed by atoms with E-state index in [9.17, 15) is 51.3 Å². The van der Waals surface area contributed by atoms with Crippen molar-refractivity contribution in [3.05, 3.63) is 236 Å². The molecule has 0 radical (unpaired) electrons. The number of rotatable bonds is 34. The fourth-order valence-electron chi connectivity index (χ4n) is 13.3. The van der Waals surface area contributed by atoms with Crippen molar-refractivity contribution in [2.45, 2.75) is 193 Å². The van der Waals surface area contributed by atoms with E-state index in [1.807, 2.05) is 48.5 Å². The molecule has 33 heteroatoms. The molecule has 11 rings (SSSR count). The molecular weight excluding hydrogens is 1410 g/mol. The fraction of sp³-hybridized carbons (Fsp3) is 0.486. The Hall–Kier alpha value is -7.00. The van der Waals surface area contributed by atoms with Crippen molar-refractivity contribution in [3.8, 4) is 0 Å². The largest absolute Gasteiger partial charge is 1.00 e. The molecule has 6 aromatic carbocycles. The Morgan fingerprint density at radius 3 is 1.18 bits per heavy atom.